The number of rotatable bonds is 2. The monoisotopic (exact) mass is 247 g/mol. The van der Waals surface area contributed by atoms with E-state index in [9.17, 15) is 9.59 Å². The first-order valence-corrected chi connectivity index (χ1v) is 3.18. The summed E-state index contributed by atoms with van der Waals surface area (Å²) in [5.74, 6) is -2.46. The van der Waals surface area contributed by atoms with Gasteiger partial charge in [0.05, 0.1) is 11.1 Å². The van der Waals surface area contributed by atoms with E-state index in [1.54, 1.807) is 0 Å². The van der Waals surface area contributed by atoms with E-state index in [4.69, 9.17) is 10.2 Å². The predicted octanol–water partition coefficient (Wildman–Crippen LogP) is 0.256. The predicted molar refractivity (Wildman–Crippen MR) is 44.0 cm³/mol. The minimum absolute atomic E-state index is 0. The van der Waals surface area contributed by atoms with Gasteiger partial charge in [-0.15, -0.1) is 0 Å². The van der Waals surface area contributed by atoms with Crippen LogP contribution in [0.25, 0.3) is 0 Å². The third kappa shape index (κ3) is 3.18. The molecule has 0 saturated carbocycles. The van der Waals surface area contributed by atoms with Gasteiger partial charge in [-0.1, -0.05) is 12.1 Å². The maximum absolute atomic E-state index is 10.5. The second kappa shape index (κ2) is 6.15. The Morgan fingerprint density at radius 2 is 1.21 bits per heavy atom. The Balaban J connectivity index is 0. The van der Waals surface area contributed by atoms with Gasteiger partial charge in [-0.05, 0) is 12.1 Å². The van der Waals surface area contributed by atoms with Crippen LogP contribution in [0.5, 0.6) is 0 Å². The van der Waals surface area contributed by atoms with Crippen LogP contribution in [0.15, 0.2) is 24.3 Å². The van der Waals surface area contributed by atoms with Crippen molar-refractivity contribution >= 4 is 11.9 Å². The van der Waals surface area contributed by atoms with Crippen molar-refractivity contribution in [2.45, 2.75) is 0 Å². The summed E-state index contributed by atoms with van der Waals surface area (Å²) in [4.78, 5) is 20.9. The van der Waals surface area contributed by atoms with Crippen LogP contribution in [0.2, 0.25) is 0 Å². The quantitative estimate of drug-likeness (QED) is 0.731. The molecule has 81 valence electrons. The molecular weight excluding hydrogens is 240 g/mol. The van der Waals surface area contributed by atoms with Crippen molar-refractivity contribution in [1.29, 1.82) is 0 Å². The van der Waals surface area contributed by atoms with E-state index < -0.39 is 11.9 Å². The molecule has 0 bridgehead atoms. The number of aromatic carboxylic acids is 2. The van der Waals surface area contributed by atoms with Gasteiger partial charge in [0.2, 0.25) is 0 Å². The molecule has 5 nitrogen and oxygen atoms in total. The van der Waals surface area contributed by atoms with E-state index in [-0.39, 0.29) is 33.7 Å². The first-order valence-electron chi connectivity index (χ1n) is 3.18. The Kier molecular flexibility index (Phi) is 6.64. The van der Waals surface area contributed by atoms with Crippen LogP contribution >= 0.6 is 0 Å². The second-order valence-corrected chi connectivity index (χ2v) is 2.16. The third-order valence-electron chi connectivity index (χ3n) is 1.39. The molecule has 4 N–H and O–H groups in total. The number of benzene rings is 1. The molecule has 1 rings (SSSR count). The molecule has 14 heavy (non-hydrogen) atoms. The molecule has 0 aliphatic carbocycles. The fraction of sp³-hybridized carbons (Fsp3) is 0. The Labute approximate surface area is 90.1 Å². The number of carboxylic acid groups (broad SMARTS) is 2. The standard InChI is InChI=1S/C8H6O4.Cu.H2O/c9-7(10)5-3-1-2-4-6(5)8(11)12;;/h1-4H,(H,9,10)(H,11,12);;1H2. The molecule has 1 radical (unpaired) electrons. The maximum atomic E-state index is 10.5. The van der Waals surface area contributed by atoms with Crippen molar-refractivity contribution in [1.82, 2.24) is 0 Å². The molecule has 1 aromatic rings. The van der Waals surface area contributed by atoms with Crippen LogP contribution in [0, 0.1) is 0 Å². The largest absolute Gasteiger partial charge is 0.478 e. The topological polar surface area (TPSA) is 106 Å². The molecule has 6 heteroatoms. The average Bonchev–Trinajstić information content (AvgIpc) is 2.04. The van der Waals surface area contributed by atoms with Gasteiger partial charge in [0.25, 0.3) is 0 Å². The summed E-state index contributed by atoms with van der Waals surface area (Å²) in [5.41, 5.74) is -0.380. The van der Waals surface area contributed by atoms with Gasteiger partial charge in [0.1, 0.15) is 0 Å². The zero-order chi connectivity index (χ0) is 9.14. The van der Waals surface area contributed by atoms with Crippen LogP contribution < -0.4 is 0 Å². The minimum Gasteiger partial charge on any atom is -0.478 e. The van der Waals surface area contributed by atoms with Crippen LogP contribution in [-0.2, 0) is 17.1 Å². The van der Waals surface area contributed by atoms with Crippen molar-refractivity contribution in [2.75, 3.05) is 0 Å². The fourth-order valence-electron chi connectivity index (χ4n) is 0.856. The second-order valence-electron chi connectivity index (χ2n) is 2.16. The maximum Gasteiger partial charge on any atom is 0.336 e. The van der Waals surface area contributed by atoms with Gasteiger partial charge < -0.3 is 15.7 Å². The minimum atomic E-state index is -1.23. The summed E-state index contributed by atoms with van der Waals surface area (Å²) in [5, 5.41) is 17.1. The molecular formula is C8H8CuO5. The molecule has 0 saturated heterocycles. The van der Waals surface area contributed by atoms with E-state index in [0.29, 0.717) is 0 Å². The summed E-state index contributed by atoms with van der Waals surface area (Å²) >= 11 is 0. The van der Waals surface area contributed by atoms with Crippen LogP contribution in [0.3, 0.4) is 0 Å². The number of hydrogen-bond donors (Lipinski definition) is 2. The number of carbonyl (C=O) groups is 2. The normalized spacial score (nSPS) is 8.00. The Morgan fingerprint density at radius 1 is 0.929 bits per heavy atom. The molecule has 1 aromatic carbocycles. The first-order chi connectivity index (χ1) is 5.63. The summed E-state index contributed by atoms with van der Waals surface area (Å²) in [6.07, 6.45) is 0. The zero-order valence-corrected chi connectivity index (χ0v) is 7.76. The number of hydrogen-bond acceptors (Lipinski definition) is 2. The molecule has 0 atom stereocenters. The van der Waals surface area contributed by atoms with E-state index in [0.717, 1.165) is 0 Å². The summed E-state index contributed by atoms with van der Waals surface area (Å²) in [7, 11) is 0. The summed E-state index contributed by atoms with van der Waals surface area (Å²) in [6.45, 7) is 0. The molecule has 0 aliphatic rings. The van der Waals surface area contributed by atoms with Crippen molar-refractivity contribution in [3.63, 3.8) is 0 Å². The van der Waals surface area contributed by atoms with Gasteiger partial charge in [0.15, 0.2) is 0 Å². The van der Waals surface area contributed by atoms with Crippen molar-refractivity contribution in [3.05, 3.63) is 35.4 Å². The van der Waals surface area contributed by atoms with Crippen LogP contribution in [-0.4, -0.2) is 27.6 Å². The van der Waals surface area contributed by atoms with E-state index in [2.05, 4.69) is 0 Å². The Hall–Kier alpha value is -1.36. The average molecular weight is 248 g/mol. The van der Waals surface area contributed by atoms with E-state index in [1.807, 2.05) is 0 Å². The molecule has 0 aliphatic heterocycles. The first kappa shape index (κ1) is 15.1. The Morgan fingerprint density at radius 3 is 1.43 bits per heavy atom. The van der Waals surface area contributed by atoms with Gasteiger partial charge in [-0.25, -0.2) is 9.59 Å². The number of carboxylic acids is 2. The molecule has 0 aromatic heterocycles. The Bertz CT molecular complexity index is 303. The molecule has 0 spiro atoms. The van der Waals surface area contributed by atoms with Crippen LogP contribution in [0.4, 0.5) is 0 Å². The fourth-order valence-corrected chi connectivity index (χ4v) is 0.856. The van der Waals surface area contributed by atoms with Crippen molar-refractivity contribution < 1.29 is 42.3 Å². The third-order valence-corrected chi connectivity index (χ3v) is 1.39. The molecule has 0 unspecified atom stereocenters. The summed E-state index contributed by atoms with van der Waals surface area (Å²) < 4.78 is 0. The molecule has 0 heterocycles. The SMILES string of the molecule is O.O=C(O)c1ccccc1C(=O)O.[Cu]. The van der Waals surface area contributed by atoms with Gasteiger partial charge in [-0.2, -0.15) is 0 Å². The van der Waals surface area contributed by atoms with Crippen molar-refractivity contribution in [3.8, 4) is 0 Å². The van der Waals surface area contributed by atoms with E-state index in [1.165, 1.54) is 24.3 Å². The smallest absolute Gasteiger partial charge is 0.336 e. The van der Waals surface area contributed by atoms with Crippen molar-refractivity contribution in [2.24, 2.45) is 0 Å². The van der Waals surface area contributed by atoms with Gasteiger partial charge in [-0.3, -0.25) is 0 Å². The van der Waals surface area contributed by atoms with Gasteiger partial charge in [0, 0.05) is 17.1 Å². The summed E-state index contributed by atoms with van der Waals surface area (Å²) in [6, 6.07) is 5.48. The van der Waals surface area contributed by atoms with Gasteiger partial charge >= 0.3 is 11.9 Å². The van der Waals surface area contributed by atoms with Crippen LogP contribution in [0.1, 0.15) is 20.7 Å². The molecule has 0 amide bonds. The molecule has 0 fully saturated rings. The zero-order valence-electron chi connectivity index (χ0n) is 6.82. The van der Waals surface area contributed by atoms with E-state index >= 15 is 0 Å².